The van der Waals surface area contributed by atoms with Gasteiger partial charge in [0.15, 0.2) is 11.5 Å². The monoisotopic (exact) mass is 234 g/mol. The summed E-state index contributed by atoms with van der Waals surface area (Å²) in [6.07, 6.45) is 1.29. The Bertz CT molecular complexity index is 327. The minimum Gasteiger partial charge on any atom is -0.504 e. The fraction of sp³-hybridized carbons (Fsp3) is 0.400. The molecule has 1 aromatic rings. The first-order valence-corrected chi connectivity index (χ1v) is 5.20. The van der Waals surface area contributed by atoms with Crippen LogP contribution < -0.4 is 0 Å². The molecule has 0 bridgehead atoms. The topological polar surface area (TPSA) is 40.5 Å². The summed E-state index contributed by atoms with van der Waals surface area (Å²) in [7, 11) is 0. The summed E-state index contributed by atoms with van der Waals surface area (Å²) in [6, 6.07) is 0. The van der Waals surface area contributed by atoms with Crippen LogP contribution in [0.15, 0.2) is 0 Å². The van der Waals surface area contributed by atoms with Crippen LogP contribution in [-0.4, -0.2) is 10.2 Å². The molecule has 2 nitrogen and oxygen atoms in total. The molecular weight excluding hydrogens is 223 g/mol. The fourth-order valence-corrected chi connectivity index (χ4v) is 2.05. The molecule has 0 aliphatic carbocycles. The molecule has 0 atom stereocenters. The third-order valence-corrected chi connectivity index (χ3v) is 3.13. The maximum absolute atomic E-state index is 9.62. The molecule has 0 heterocycles. The summed E-state index contributed by atoms with van der Waals surface area (Å²) >= 11 is 11.7. The minimum absolute atomic E-state index is 0.0261. The molecule has 0 unspecified atom stereocenters. The Labute approximate surface area is 93.1 Å². The number of rotatable bonds is 2. The largest absolute Gasteiger partial charge is 0.504 e. The van der Waals surface area contributed by atoms with Crippen LogP contribution >= 0.6 is 23.2 Å². The molecule has 4 heteroatoms. The van der Waals surface area contributed by atoms with Gasteiger partial charge < -0.3 is 10.2 Å². The van der Waals surface area contributed by atoms with Crippen molar-refractivity contribution >= 4 is 23.2 Å². The minimum atomic E-state index is -0.328. The van der Waals surface area contributed by atoms with Gasteiger partial charge in [0, 0.05) is 5.56 Å². The number of hydrogen-bond acceptors (Lipinski definition) is 2. The number of halogens is 2. The van der Waals surface area contributed by atoms with Crippen LogP contribution in [0.5, 0.6) is 11.5 Å². The summed E-state index contributed by atoms with van der Waals surface area (Å²) < 4.78 is 0. The van der Waals surface area contributed by atoms with Crippen molar-refractivity contribution in [2.75, 3.05) is 0 Å². The van der Waals surface area contributed by atoms with Crippen molar-refractivity contribution in [3.05, 3.63) is 21.2 Å². The van der Waals surface area contributed by atoms with Crippen molar-refractivity contribution in [3.63, 3.8) is 0 Å². The Hall–Kier alpha value is -0.600. The highest BCUT2D eigenvalue weighted by Crippen LogP contribution is 2.44. The van der Waals surface area contributed by atoms with Gasteiger partial charge >= 0.3 is 0 Å². The second kappa shape index (κ2) is 4.28. The summed E-state index contributed by atoms with van der Waals surface area (Å²) in [5, 5.41) is 19.4. The van der Waals surface area contributed by atoms with E-state index >= 15 is 0 Å². The Morgan fingerprint density at radius 3 is 1.79 bits per heavy atom. The van der Waals surface area contributed by atoms with Gasteiger partial charge in [-0.05, 0) is 18.4 Å². The molecule has 0 amide bonds. The number of hydrogen-bond donors (Lipinski definition) is 2. The average molecular weight is 235 g/mol. The molecule has 0 saturated heterocycles. The normalized spacial score (nSPS) is 10.6. The molecule has 0 spiro atoms. The molecule has 1 rings (SSSR count). The maximum Gasteiger partial charge on any atom is 0.178 e. The second-order valence-corrected chi connectivity index (χ2v) is 3.75. The molecule has 78 valence electrons. The number of benzene rings is 1. The van der Waals surface area contributed by atoms with Gasteiger partial charge in [-0.25, -0.2) is 0 Å². The standard InChI is InChI=1S/C10H12Cl2O2/c1-3-5-6(4-2)9(13)10(14)8(12)7(5)11/h13-14H,3-4H2,1-2H3. The molecule has 0 saturated carbocycles. The third kappa shape index (κ3) is 1.64. The highest BCUT2D eigenvalue weighted by molar-refractivity contribution is 6.43. The van der Waals surface area contributed by atoms with E-state index in [2.05, 4.69) is 0 Å². The molecule has 2 N–H and O–H groups in total. The van der Waals surface area contributed by atoms with E-state index in [1.54, 1.807) is 0 Å². The third-order valence-electron chi connectivity index (χ3n) is 2.25. The zero-order chi connectivity index (χ0) is 10.9. The number of phenols is 2. The SMILES string of the molecule is CCc1c(O)c(O)c(Cl)c(Cl)c1CC. The predicted molar refractivity (Wildman–Crippen MR) is 58.5 cm³/mol. The van der Waals surface area contributed by atoms with Crippen LogP contribution in [0.1, 0.15) is 25.0 Å². The molecule has 0 aliphatic heterocycles. The van der Waals surface area contributed by atoms with Crippen LogP contribution in [-0.2, 0) is 12.8 Å². The van der Waals surface area contributed by atoms with Gasteiger partial charge in [0.1, 0.15) is 5.02 Å². The van der Waals surface area contributed by atoms with Gasteiger partial charge in [-0.15, -0.1) is 0 Å². The Morgan fingerprint density at radius 2 is 1.36 bits per heavy atom. The highest BCUT2D eigenvalue weighted by atomic mass is 35.5. The smallest absolute Gasteiger partial charge is 0.178 e. The lowest BCUT2D eigenvalue weighted by atomic mass is 10.0. The van der Waals surface area contributed by atoms with Gasteiger partial charge in [0.2, 0.25) is 0 Å². The van der Waals surface area contributed by atoms with Crippen molar-refractivity contribution in [2.45, 2.75) is 26.7 Å². The summed E-state index contributed by atoms with van der Waals surface area (Å²) in [5.74, 6) is -0.482. The van der Waals surface area contributed by atoms with Crippen LogP contribution in [0.4, 0.5) is 0 Å². The summed E-state index contributed by atoms with van der Waals surface area (Å²) in [5.41, 5.74) is 1.47. The van der Waals surface area contributed by atoms with Gasteiger partial charge in [-0.2, -0.15) is 0 Å². The van der Waals surface area contributed by atoms with Crippen LogP contribution in [0, 0.1) is 0 Å². The van der Waals surface area contributed by atoms with E-state index in [0.29, 0.717) is 23.4 Å². The highest BCUT2D eigenvalue weighted by Gasteiger charge is 2.19. The Kier molecular flexibility index (Phi) is 3.51. The van der Waals surface area contributed by atoms with Crippen molar-refractivity contribution in [2.24, 2.45) is 0 Å². The summed E-state index contributed by atoms with van der Waals surface area (Å²) in [4.78, 5) is 0. The molecule has 0 fully saturated rings. The molecule has 0 aromatic heterocycles. The Morgan fingerprint density at radius 1 is 0.857 bits per heavy atom. The van der Waals surface area contributed by atoms with Crippen molar-refractivity contribution < 1.29 is 10.2 Å². The van der Waals surface area contributed by atoms with Gasteiger partial charge in [-0.1, -0.05) is 37.0 Å². The van der Waals surface area contributed by atoms with E-state index in [-0.39, 0.29) is 16.5 Å². The predicted octanol–water partition coefficient (Wildman–Crippen LogP) is 3.53. The molecule has 0 aliphatic rings. The van der Waals surface area contributed by atoms with E-state index in [9.17, 15) is 10.2 Å². The van der Waals surface area contributed by atoms with Crippen LogP contribution in [0.25, 0.3) is 0 Å². The zero-order valence-electron chi connectivity index (χ0n) is 8.06. The lowest BCUT2D eigenvalue weighted by Crippen LogP contribution is -1.94. The van der Waals surface area contributed by atoms with Crippen LogP contribution in [0.2, 0.25) is 10.0 Å². The first-order chi connectivity index (χ1) is 6.54. The quantitative estimate of drug-likeness (QED) is 0.769. The van der Waals surface area contributed by atoms with Gasteiger partial charge in [0.05, 0.1) is 5.02 Å². The van der Waals surface area contributed by atoms with E-state index in [0.717, 1.165) is 5.56 Å². The van der Waals surface area contributed by atoms with Crippen molar-refractivity contribution in [1.29, 1.82) is 0 Å². The first kappa shape index (κ1) is 11.5. The number of aromatic hydroxyl groups is 2. The molecule has 0 radical (unpaired) electrons. The first-order valence-electron chi connectivity index (χ1n) is 4.45. The molecule has 1 aromatic carbocycles. The lowest BCUT2D eigenvalue weighted by Gasteiger charge is -2.13. The van der Waals surface area contributed by atoms with E-state index < -0.39 is 0 Å². The average Bonchev–Trinajstić information content (AvgIpc) is 2.20. The maximum atomic E-state index is 9.62. The van der Waals surface area contributed by atoms with E-state index in [1.807, 2.05) is 13.8 Å². The van der Waals surface area contributed by atoms with Gasteiger partial charge in [-0.3, -0.25) is 0 Å². The molecular formula is C10H12Cl2O2. The van der Waals surface area contributed by atoms with Crippen LogP contribution in [0.3, 0.4) is 0 Å². The molecule has 14 heavy (non-hydrogen) atoms. The van der Waals surface area contributed by atoms with Gasteiger partial charge in [0.25, 0.3) is 0 Å². The second-order valence-electron chi connectivity index (χ2n) is 2.99. The lowest BCUT2D eigenvalue weighted by molar-refractivity contribution is 0.399. The summed E-state index contributed by atoms with van der Waals surface area (Å²) in [6.45, 7) is 3.81. The van der Waals surface area contributed by atoms with E-state index in [1.165, 1.54) is 0 Å². The van der Waals surface area contributed by atoms with E-state index in [4.69, 9.17) is 23.2 Å². The van der Waals surface area contributed by atoms with Crippen molar-refractivity contribution in [1.82, 2.24) is 0 Å². The van der Waals surface area contributed by atoms with Crippen molar-refractivity contribution in [3.8, 4) is 11.5 Å². The Balaban J connectivity index is 3.57. The zero-order valence-corrected chi connectivity index (χ0v) is 9.58. The fourth-order valence-electron chi connectivity index (χ4n) is 1.51. The number of phenolic OH excluding ortho intramolecular Hbond substituents is 2.